The first-order chi connectivity index (χ1) is 14.5. The predicted octanol–water partition coefficient (Wildman–Crippen LogP) is 3.31. The van der Waals surface area contributed by atoms with Crippen LogP contribution in [0.25, 0.3) is 0 Å². The van der Waals surface area contributed by atoms with E-state index in [-0.39, 0.29) is 23.2 Å². The first-order valence-corrected chi connectivity index (χ1v) is 11.1. The van der Waals surface area contributed by atoms with E-state index in [4.69, 9.17) is 4.74 Å². The van der Waals surface area contributed by atoms with Gasteiger partial charge in [-0.25, -0.2) is 13.6 Å². The average Bonchev–Trinajstić information content (AvgIpc) is 3.24. The Morgan fingerprint density at radius 3 is 2.87 bits per heavy atom. The fraction of sp³-hybridized carbons (Fsp3) is 0.476. The van der Waals surface area contributed by atoms with Crippen LogP contribution in [0.3, 0.4) is 0 Å². The maximum atomic E-state index is 13.7. The zero-order chi connectivity index (χ0) is 21.1. The number of hydrogen-bond acceptors (Lipinski definition) is 5. The molecule has 0 radical (unpaired) electrons. The van der Waals surface area contributed by atoms with Gasteiger partial charge >= 0.3 is 5.69 Å². The molecule has 1 N–H and O–H groups in total. The van der Waals surface area contributed by atoms with Crippen molar-refractivity contribution in [2.75, 3.05) is 17.7 Å². The van der Waals surface area contributed by atoms with E-state index < -0.39 is 17.5 Å². The number of thioether (sulfide) groups is 1. The lowest BCUT2D eigenvalue weighted by Crippen LogP contribution is -2.34. The van der Waals surface area contributed by atoms with Gasteiger partial charge in [-0.3, -0.25) is 9.36 Å². The van der Waals surface area contributed by atoms with E-state index in [9.17, 15) is 18.4 Å². The van der Waals surface area contributed by atoms with Crippen molar-refractivity contribution in [2.24, 2.45) is 0 Å². The number of halogens is 2. The van der Waals surface area contributed by atoms with E-state index in [2.05, 4.69) is 10.3 Å². The maximum absolute atomic E-state index is 13.7. The summed E-state index contributed by atoms with van der Waals surface area (Å²) in [7, 11) is 0. The quantitative estimate of drug-likeness (QED) is 0.557. The Hall–Kier alpha value is -2.26. The topological polar surface area (TPSA) is 73.2 Å². The van der Waals surface area contributed by atoms with Crippen molar-refractivity contribution in [3.63, 3.8) is 0 Å². The fourth-order valence-electron chi connectivity index (χ4n) is 3.96. The molecule has 0 bridgehead atoms. The molecule has 6 nitrogen and oxygen atoms in total. The van der Waals surface area contributed by atoms with Crippen LogP contribution in [0.2, 0.25) is 0 Å². The van der Waals surface area contributed by atoms with Crippen LogP contribution >= 0.6 is 11.8 Å². The first-order valence-electron chi connectivity index (χ1n) is 10.1. The Balaban J connectivity index is 1.49. The molecule has 30 heavy (non-hydrogen) atoms. The summed E-state index contributed by atoms with van der Waals surface area (Å²) < 4.78 is 34.2. The van der Waals surface area contributed by atoms with Crippen LogP contribution in [-0.2, 0) is 28.9 Å². The van der Waals surface area contributed by atoms with Gasteiger partial charge in [-0.2, -0.15) is 4.98 Å². The van der Waals surface area contributed by atoms with Crippen LogP contribution in [-0.4, -0.2) is 33.9 Å². The normalized spacial score (nSPS) is 18.3. The second-order valence-electron chi connectivity index (χ2n) is 7.54. The smallest absolute Gasteiger partial charge is 0.348 e. The van der Waals surface area contributed by atoms with Crippen molar-refractivity contribution in [1.82, 2.24) is 9.55 Å². The molecular weight excluding hydrogens is 412 g/mol. The zero-order valence-corrected chi connectivity index (χ0v) is 17.3. The number of nitrogens with one attached hydrogen (secondary N) is 1. The number of hydrogen-bond donors (Lipinski definition) is 1. The molecule has 0 spiro atoms. The van der Waals surface area contributed by atoms with E-state index in [0.717, 1.165) is 62.5 Å². The summed E-state index contributed by atoms with van der Waals surface area (Å²) in [4.78, 5) is 29.2. The van der Waals surface area contributed by atoms with Crippen molar-refractivity contribution in [1.29, 1.82) is 0 Å². The number of nitrogens with zero attached hydrogens (tertiary/aromatic N) is 2. The van der Waals surface area contributed by atoms with E-state index in [1.54, 1.807) is 4.57 Å². The van der Waals surface area contributed by atoms with Gasteiger partial charge in [0.1, 0.15) is 16.7 Å². The Kier molecular flexibility index (Phi) is 6.48. The summed E-state index contributed by atoms with van der Waals surface area (Å²) in [5.74, 6) is -2.01. The molecule has 0 saturated carbocycles. The molecule has 1 aliphatic heterocycles. The SMILES string of the molecule is O=C(CSc1nc(=O)n(C[C@H]2CCCO2)c2c1CCCC2)Nc1ccc(F)cc1F. The van der Waals surface area contributed by atoms with Crippen molar-refractivity contribution < 1.29 is 18.3 Å². The highest BCUT2D eigenvalue weighted by atomic mass is 32.2. The third-order valence-corrected chi connectivity index (χ3v) is 6.42. The van der Waals surface area contributed by atoms with Gasteiger partial charge in [0.05, 0.1) is 24.1 Å². The fourth-order valence-corrected chi connectivity index (χ4v) is 4.84. The van der Waals surface area contributed by atoms with Gasteiger partial charge in [0.2, 0.25) is 5.91 Å². The minimum Gasteiger partial charge on any atom is -0.376 e. The Morgan fingerprint density at radius 2 is 2.10 bits per heavy atom. The molecule has 1 aromatic carbocycles. The molecule has 9 heteroatoms. The molecular formula is C21H23F2N3O3S. The van der Waals surface area contributed by atoms with E-state index in [1.807, 2.05) is 0 Å². The van der Waals surface area contributed by atoms with Crippen LogP contribution in [0.4, 0.5) is 14.5 Å². The van der Waals surface area contributed by atoms with Crippen molar-refractivity contribution in [2.45, 2.75) is 56.2 Å². The highest BCUT2D eigenvalue weighted by Gasteiger charge is 2.24. The van der Waals surface area contributed by atoms with Crippen LogP contribution in [0.1, 0.15) is 36.9 Å². The number of aromatic nitrogens is 2. The number of anilines is 1. The van der Waals surface area contributed by atoms with Crippen LogP contribution in [0, 0.1) is 11.6 Å². The molecule has 1 saturated heterocycles. The van der Waals surface area contributed by atoms with Gasteiger partial charge in [-0.05, 0) is 50.7 Å². The Bertz CT molecular complexity index is 1010. The van der Waals surface area contributed by atoms with E-state index in [0.29, 0.717) is 17.6 Å². The summed E-state index contributed by atoms with van der Waals surface area (Å²) >= 11 is 1.17. The molecule has 2 aliphatic rings. The van der Waals surface area contributed by atoms with Crippen LogP contribution in [0.15, 0.2) is 28.0 Å². The van der Waals surface area contributed by atoms with Gasteiger partial charge in [-0.15, -0.1) is 0 Å². The van der Waals surface area contributed by atoms with Gasteiger partial charge in [-0.1, -0.05) is 11.8 Å². The number of carbonyl (C=O) groups is 1. The summed E-state index contributed by atoms with van der Waals surface area (Å²) in [6.07, 6.45) is 5.63. The Labute approximate surface area is 177 Å². The number of carbonyl (C=O) groups excluding carboxylic acids is 1. The predicted molar refractivity (Wildman–Crippen MR) is 110 cm³/mol. The number of amides is 1. The number of benzene rings is 1. The second kappa shape index (κ2) is 9.26. The zero-order valence-electron chi connectivity index (χ0n) is 16.5. The molecule has 2 heterocycles. The molecule has 2 aromatic rings. The summed E-state index contributed by atoms with van der Waals surface area (Å²) in [5, 5.41) is 3.00. The molecule has 4 rings (SSSR count). The molecule has 1 atom stereocenters. The molecule has 1 fully saturated rings. The molecule has 160 valence electrons. The van der Waals surface area contributed by atoms with Gasteiger partial charge in [0, 0.05) is 23.9 Å². The van der Waals surface area contributed by atoms with Crippen molar-refractivity contribution in [3.8, 4) is 0 Å². The van der Waals surface area contributed by atoms with Gasteiger partial charge in [0.25, 0.3) is 0 Å². The highest BCUT2D eigenvalue weighted by molar-refractivity contribution is 8.00. The number of rotatable bonds is 6. The lowest BCUT2D eigenvalue weighted by atomic mass is 9.97. The number of ether oxygens (including phenoxy) is 1. The largest absolute Gasteiger partial charge is 0.376 e. The maximum Gasteiger partial charge on any atom is 0.348 e. The Morgan fingerprint density at radius 1 is 1.27 bits per heavy atom. The van der Waals surface area contributed by atoms with Crippen molar-refractivity contribution in [3.05, 3.63) is 51.6 Å². The first kappa shape index (κ1) is 21.0. The lowest BCUT2D eigenvalue weighted by molar-refractivity contribution is -0.113. The van der Waals surface area contributed by atoms with Crippen LogP contribution in [0.5, 0.6) is 0 Å². The minimum absolute atomic E-state index is 0.0224. The highest BCUT2D eigenvalue weighted by Crippen LogP contribution is 2.29. The third kappa shape index (κ3) is 4.73. The lowest BCUT2D eigenvalue weighted by Gasteiger charge is -2.24. The number of fused-ring (bicyclic) bond motifs is 1. The monoisotopic (exact) mass is 435 g/mol. The molecule has 1 aliphatic carbocycles. The third-order valence-electron chi connectivity index (χ3n) is 5.41. The summed E-state index contributed by atoms with van der Waals surface area (Å²) in [6.45, 7) is 1.25. The molecule has 1 amide bonds. The molecule has 0 unspecified atom stereocenters. The molecule has 1 aromatic heterocycles. The average molecular weight is 435 g/mol. The van der Waals surface area contributed by atoms with Crippen LogP contribution < -0.4 is 11.0 Å². The summed E-state index contributed by atoms with van der Waals surface area (Å²) in [6, 6.07) is 2.98. The van der Waals surface area contributed by atoms with Gasteiger partial charge < -0.3 is 10.1 Å². The minimum atomic E-state index is -0.833. The van der Waals surface area contributed by atoms with E-state index in [1.165, 1.54) is 17.8 Å². The van der Waals surface area contributed by atoms with Crippen molar-refractivity contribution >= 4 is 23.4 Å². The summed E-state index contributed by atoms with van der Waals surface area (Å²) in [5.41, 5.74) is 1.61. The standard InChI is InChI=1S/C21H23F2N3O3S/c22-13-7-8-17(16(23)10-13)24-19(27)12-30-20-15-5-1-2-6-18(15)26(21(28)25-20)11-14-4-3-9-29-14/h7-8,10,14H,1-6,9,11-12H2,(H,24,27)/t14-/m1/s1. The van der Waals surface area contributed by atoms with E-state index >= 15 is 0 Å². The second-order valence-corrected chi connectivity index (χ2v) is 8.50. The van der Waals surface area contributed by atoms with Gasteiger partial charge in [0.15, 0.2) is 0 Å².